The van der Waals surface area contributed by atoms with Gasteiger partial charge < -0.3 is 29.5 Å². The van der Waals surface area contributed by atoms with Crippen molar-refractivity contribution in [2.24, 2.45) is 0 Å². The second-order valence-electron chi connectivity index (χ2n) is 5.69. The van der Waals surface area contributed by atoms with E-state index in [0.29, 0.717) is 11.1 Å². The van der Waals surface area contributed by atoms with E-state index >= 15 is 0 Å². The van der Waals surface area contributed by atoms with Gasteiger partial charge in [-0.3, -0.25) is 4.79 Å². The van der Waals surface area contributed by atoms with Gasteiger partial charge in [0, 0.05) is 23.3 Å². The summed E-state index contributed by atoms with van der Waals surface area (Å²) in [5, 5.41) is 29.6. The number of Topliss-reactive ketones (excluding diaryl/α,β-unsaturated/α-hetero) is 1. The third kappa shape index (κ3) is 1.98. The van der Waals surface area contributed by atoms with E-state index in [1.807, 2.05) is 0 Å². The van der Waals surface area contributed by atoms with E-state index in [9.17, 15) is 20.1 Å². The van der Waals surface area contributed by atoms with Crippen molar-refractivity contribution in [1.82, 2.24) is 0 Å². The third-order valence-electron chi connectivity index (χ3n) is 4.29. The number of phenolic OH excluding ortho intramolecular Hbond substituents is 3. The predicted molar refractivity (Wildman–Crippen MR) is 80.7 cm³/mol. The number of rotatable bonds is 1. The highest BCUT2D eigenvalue weighted by molar-refractivity contribution is 6.04. The van der Waals surface area contributed by atoms with Crippen molar-refractivity contribution in [2.75, 3.05) is 7.11 Å². The summed E-state index contributed by atoms with van der Waals surface area (Å²) in [6.45, 7) is 0.0300. The summed E-state index contributed by atoms with van der Waals surface area (Å²) >= 11 is 0. The van der Waals surface area contributed by atoms with Crippen molar-refractivity contribution in [1.29, 1.82) is 0 Å². The summed E-state index contributed by atoms with van der Waals surface area (Å²) in [6.07, 6.45) is -1.72. The molecule has 2 atom stereocenters. The van der Waals surface area contributed by atoms with E-state index in [2.05, 4.69) is 0 Å². The SMILES string of the molecule is COc1cc2c(cc1O)O[C@@H]1c3cc(O)cc(O)c3CO[C@@H]1C2=O. The fraction of sp³-hybridized carbons (Fsp3) is 0.235. The first-order chi connectivity index (χ1) is 11.5. The highest BCUT2D eigenvalue weighted by Crippen LogP contribution is 2.46. The molecule has 3 N–H and O–H groups in total. The Kier molecular flexibility index (Phi) is 3.07. The quantitative estimate of drug-likeness (QED) is 0.734. The molecule has 2 aromatic rings. The fourth-order valence-electron chi connectivity index (χ4n) is 3.13. The molecule has 0 aliphatic carbocycles. The van der Waals surface area contributed by atoms with Crippen LogP contribution in [0.4, 0.5) is 0 Å². The molecule has 24 heavy (non-hydrogen) atoms. The number of carbonyl (C=O) groups excluding carboxylic acids is 1. The number of hydrogen-bond acceptors (Lipinski definition) is 7. The largest absolute Gasteiger partial charge is 0.508 e. The number of fused-ring (bicyclic) bond motifs is 4. The monoisotopic (exact) mass is 330 g/mol. The Balaban J connectivity index is 1.85. The summed E-state index contributed by atoms with van der Waals surface area (Å²) in [4.78, 5) is 12.7. The first-order valence-electron chi connectivity index (χ1n) is 7.28. The van der Waals surface area contributed by atoms with E-state index < -0.39 is 12.2 Å². The van der Waals surface area contributed by atoms with Crippen LogP contribution in [0.5, 0.6) is 28.7 Å². The van der Waals surface area contributed by atoms with Crippen LogP contribution in [0.3, 0.4) is 0 Å². The molecule has 4 rings (SSSR count). The minimum absolute atomic E-state index is 0.0300. The summed E-state index contributed by atoms with van der Waals surface area (Å²) in [6, 6.07) is 5.36. The minimum atomic E-state index is -0.902. The van der Waals surface area contributed by atoms with Crippen LogP contribution in [0.2, 0.25) is 0 Å². The Morgan fingerprint density at radius 2 is 1.88 bits per heavy atom. The molecule has 0 unspecified atom stereocenters. The topological polar surface area (TPSA) is 105 Å². The van der Waals surface area contributed by atoms with Crippen molar-refractivity contribution >= 4 is 5.78 Å². The number of hydrogen-bond donors (Lipinski definition) is 3. The van der Waals surface area contributed by atoms with E-state index in [1.165, 1.54) is 31.4 Å². The molecule has 7 heteroatoms. The average Bonchev–Trinajstić information content (AvgIpc) is 2.54. The van der Waals surface area contributed by atoms with Crippen LogP contribution in [-0.4, -0.2) is 34.3 Å². The first kappa shape index (κ1) is 14.6. The molecule has 7 nitrogen and oxygen atoms in total. The molecule has 2 heterocycles. The zero-order chi connectivity index (χ0) is 17.0. The second-order valence-corrected chi connectivity index (χ2v) is 5.69. The van der Waals surface area contributed by atoms with Crippen LogP contribution in [-0.2, 0) is 11.3 Å². The number of aromatic hydroxyl groups is 3. The number of methoxy groups -OCH3 is 1. The molecule has 0 aromatic heterocycles. The van der Waals surface area contributed by atoms with E-state index in [-0.39, 0.29) is 46.7 Å². The third-order valence-corrected chi connectivity index (χ3v) is 4.29. The lowest BCUT2D eigenvalue weighted by molar-refractivity contribution is -0.0431. The fourth-order valence-corrected chi connectivity index (χ4v) is 3.13. The number of benzene rings is 2. The predicted octanol–water partition coefficient (Wildman–Crippen LogP) is 2.03. The molecule has 0 saturated heterocycles. The van der Waals surface area contributed by atoms with E-state index in [1.54, 1.807) is 0 Å². The lowest BCUT2D eigenvalue weighted by atomic mass is 9.88. The number of carbonyl (C=O) groups is 1. The van der Waals surface area contributed by atoms with Crippen LogP contribution in [0.1, 0.15) is 27.6 Å². The zero-order valence-corrected chi connectivity index (χ0v) is 12.6. The highest BCUT2D eigenvalue weighted by atomic mass is 16.6. The molecular weight excluding hydrogens is 316 g/mol. The molecule has 0 radical (unpaired) electrons. The maximum absolute atomic E-state index is 12.7. The van der Waals surface area contributed by atoms with Crippen molar-refractivity contribution in [3.05, 3.63) is 41.0 Å². The standard InChI is InChI=1S/C17H14O7/c1-22-14-4-9-13(5-12(14)20)24-16-8-2-7(18)3-11(19)10(8)6-23-17(16)15(9)21/h2-5,16-20H,6H2,1H3/t16-,17-/m1/s1. The van der Waals surface area contributed by atoms with Crippen LogP contribution < -0.4 is 9.47 Å². The zero-order valence-electron chi connectivity index (χ0n) is 12.6. The maximum atomic E-state index is 12.7. The van der Waals surface area contributed by atoms with Gasteiger partial charge in [0.2, 0.25) is 0 Å². The lowest BCUT2D eigenvalue weighted by Crippen LogP contribution is -2.41. The number of phenols is 3. The van der Waals surface area contributed by atoms with Gasteiger partial charge in [-0.15, -0.1) is 0 Å². The van der Waals surface area contributed by atoms with Crippen LogP contribution in [0, 0.1) is 0 Å². The van der Waals surface area contributed by atoms with Crippen molar-refractivity contribution in [3.63, 3.8) is 0 Å². The van der Waals surface area contributed by atoms with Gasteiger partial charge in [0.15, 0.2) is 29.5 Å². The van der Waals surface area contributed by atoms with Gasteiger partial charge in [0.1, 0.15) is 17.2 Å². The van der Waals surface area contributed by atoms with Crippen molar-refractivity contribution in [2.45, 2.75) is 18.8 Å². The summed E-state index contributed by atoms with van der Waals surface area (Å²) in [5.74, 6) is -0.366. The van der Waals surface area contributed by atoms with E-state index in [4.69, 9.17) is 14.2 Å². The molecule has 0 saturated carbocycles. The van der Waals surface area contributed by atoms with Crippen LogP contribution >= 0.6 is 0 Å². The van der Waals surface area contributed by atoms with Crippen molar-refractivity contribution in [3.8, 4) is 28.7 Å². The number of ketones is 1. The van der Waals surface area contributed by atoms with Gasteiger partial charge in [0.25, 0.3) is 0 Å². The molecule has 0 amide bonds. The molecule has 2 aromatic carbocycles. The smallest absolute Gasteiger partial charge is 0.199 e. The van der Waals surface area contributed by atoms with Gasteiger partial charge in [-0.25, -0.2) is 0 Å². The molecule has 2 aliphatic rings. The van der Waals surface area contributed by atoms with Gasteiger partial charge >= 0.3 is 0 Å². The first-order valence-corrected chi connectivity index (χ1v) is 7.28. The Bertz CT molecular complexity index is 859. The summed E-state index contributed by atoms with van der Waals surface area (Å²) in [5.41, 5.74) is 1.19. The van der Waals surface area contributed by atoms with Gasteiger partial charge in [-0.2, -0.15) is 0 Å². The van der Waals surface area contributed by atoms with Gasteiger partial charge in [0.05, 0.1) is 19.3 Å². The Morgan fingerprint density at radius 1 is 1.08 bits per heavy atom. The van der Waals surface area contributed by atoms with Gasteiger partial charge in [-0.1, -0.05) is 0 Å². The summed E-state index contributed by atoms with van der Waals surface area (Å²) in [7, 11) is 1.39. The molecule has 2 aliphatic heterocycles. The maximum Gasteiger partial charge on any atom is 0.199 e. The lowest BCUT2D eigenvalue weighted by Gasteiger charge is -2.37. The molecule has 0 fully saturated rings. The normalized spacial score (nSPS) is 21.3. The van der Waals surface area contributed by atoms with E-state index in [0.717, 1.165) is 0 Å². The van der Waals surface area contributed by atoms with Crippen LogP contribution in [0.15, 0.2) is 24.3 Å². The molecule has 0 spiro atoms. The van der Waals surface area contributed by atoms with Crippen molar-refractivity contribution < 1.29 is 34.3 Å². The highest BCUT2D eigenvalue weighted by Gasteiger charge is 2.44. The Hall–Kier alpha value is -2.93. The van der Waals surface area contributed by atoms with Crippen LogP contribution in [0.25, 0.3) is 0 Å². The second kappa shape index (κ2) is 5.04. The molecule has 0 bridgehead atoms. The molecule has 124 valence electrons. The minimum Gasteiger partial charge on any atom is -0.508 e. The Labute approximate surface area is 136 Å². The molecular formula is C17H14O7. The van der Waals surface area contributed by atoms with Gasteiger partial charge in [-0.05, 0) is 12.1 Å². The number of ether oxygens (including phenoxy) is 3. The Morgan fingerprint density at radius 3 is 2.62 bits per heavy atom. The average molecular weight is 330 g/mol. The summed E-state index contributed by atoms with van der Waals surface area (Å²) < 4.78 is 16.4.